The molecule has 0 aliphatic carbocycles. The third-order valence-corrected chi connectivity index (χ3v) is 2.88. The predicted molar refractivity (Wildman–Crippen MR) is 67.0 cm³/mol. The second-order valence-electron chi connectivity index (χ2n) is 4.40. The van der Waals surface area contributed by atoms with Crippen LogP contribution in [0, 0.1) is 18.3 Å². The molecular formula is C14H20N2. The Hall–Kier alpha value is -1.33. The van der Waals surface area contributed by atoms with Crippen molar-refractivity contribution >= 4 is 0 Å². The van der Waals surface area contributed by atoms with Crippen LogP contribution in [0.15, 0.2) is 24.3 Å². The van der Waals surface area contributed by atoms with Crippen molar-refractivity contribution in [1.29, 1.82) is 5.26 Å². The van der Waals surface area contributed by atoms with Gasteiger partial charge in [0.2, 0.25) is 0 Å². The summed E-state index contributed by atoms with van der Waals surface area (Å²) in [5.41, 5.74) is 2.68. The monoisotopic (exact) mass is 216 g/mol. The lowest BCUT2D eigenvalue weighted by Crippen LogP contribution is -2.31. The Morgan fingerprint density at radius 1 is 1.31 bits per heavy atom. The molecule has 0 N–H and O–H groups in total. The van der Waals surface area contributed by atoms with Crippen molar-refractivity contribution in [2.75, 3.05) is 6.54 Å². The molecule has 0 atom stereocenters. The maximum absolute atomic E-state index is 8.64. The average molecular weight is 216 g/mol. The van der Waals surface area contributed by atoms with E-state index in [9.17, 15) is 0 Å². The van der Waals surface area contributed by atoms with Crippen LogP contribution in [0.3, 0.4) is 0 Å². The molecule has 0 saturated heterocycles. The molecule has 86 valence electrons. The van der Waals surface area contributed by atoms with Crippen LogP contribution in [-0.4, -0.2) is 17.5 Å². The van der Waals surface area contributed by atoms with E-state index in [1.165, 1.54) is 11.1 Å². The van der Waals surface area contributed by atoms with Crippen LogP contribution in [-0.2, 0) is 6.54 Å². The average Bonchev–Trinajstić information content (AvgIpc) is 2.26. The maximum atomic E-state index is 8.64. The topological polar surface area (TPSA) is 27.0 Å². The molecule has 1 rings (SSSR count). The Labute approximate surface area is 98.5 Å². The van der Waals surface area contributed by atoms with Crippen LogP contribution in [0.5, 0.6) is 0 Å². The van der Waals surface area contributed by atoms with Crippen molar-refractivity contribution in [1.82, 2.24) is 4.90 Å². The van der Waals surface area contributed by atoms with Gasteiger partial charge in [-0.05, 0) is 31.9 Å². The minimum Gasteiger partial charge on any atom is -0.296 e. The Morgan fingerprint density at radius 3 is 2.56 bits per heavy atom. The van der Waals surface area contributed by atoms with Crippen molar-refractivity contribution in [2.45, 2.75) is 39.8 Å². The van der Waals surface area contributed by atoms with Gasteiger partial charge in [-0.3, -0.25) is 4.90 Å². The van der Waals surface area contributed by atoms with Crippen molar-refractivity contribution in [3.63, 3.8) is 0 Å². The van der Waals surface area contributed by atoms with E-state index in [1.54, 1.807) is 0 Å². The van der Waals surface area contributed by atoms with Crippen LogP contribution in [0.1, 0.15) is 31.4 Å². The summed E-state index contributed by atoms with van der Waals surface area (Å²) in [6.45, 7) is 8.28. The molecule has 0 radical (unpaired) electrons. The van der Waals surface area contributed by atoms with E-state index in [4.69, 9.17) is 5.26 Å². The highest BCUT2D eigenvalue weighted by Gasteiger charge is 2.10. The van der Waals surface area contributed by atoms with E-state index in [1.807, 2.05) is 0 Å². The Morgan fingerprint density at radius 2 is 2.00 bits per heavy atom. The van der Waals surface area contributed by atoms with Gasteiger partial charge in [-0.15, -0.1) is 0 Å². The third-order valence-electron chi connectivity index (χ3n) is 2.88. The summed E-state index contributed by atoms with van der Waals surface area (Å²) in [5, 5.41) is 8.64. The zero-order chi connectivity index (χ0) is 12.0. The highest BCUT2D eigenvalue weighted by molar-refractivity contribution is 5.25. The van der Waals surface area contributed by atoms with Gasteiger partial charge in [0.05, 0.1) is 6.07 Å². The molecule has 0 heterocycles. The molecule has 0 saturated carbocycles. The molecular weight excluding hydrogens is 196 g/mol. The van der Waals surface area contributed by atoms with E-state index in [2.05, 4.69) is 56.0 Å². The molecule has 0 unspecified atom stereocenters. The lowest BCUT2D eigenvalue weighted by molar-refractivity contribution is 0.217. The highest BCUT2D eigenvalue weighted by atomic mass is 15.1. The van der Waals surface area contributed by atoms with Crippen molar-refractivity contribution < 1.29 is 0 Å². The summed E-state index contributed by atoms with van der Waals surface area (Å²) in [6.07, 6.45) is 0.601. The van der Waals surface area contributed by atoms with Gasteiger partial charge in [0.15, 0.2) is 0 Å². The number of benzene rings is 1. The lowest BCUT2D eigenvalue weighted by atomic mass is 10.1. The first kappa shape index (κ1) is 12.7. The summed E-state index contributed by atoms with van der Waals surface area (Å²) in [4.78, 5) is 2.34. The number of hydrogen-bond donors (Lipinski definition) is 0. The molecule has 2 heteroatoms. The van der Waals surface area contributed by atoms with E-state index < -0.39 is 0 Å². The van der Waals surface area contributed by atoms with Gasteiger partial charge in [0.25, 0.3) is 0 Å². The normalized spacial score (nSPS) is 10.8. The van der Waals surface area contributed by atoms with Crippen LogP contribution in [0.4, 0.5) is 0 Å². The molecule has 1 aromatic carbocycles. The molecule has 1 aromatic rings. The Balaban J connectivity index is 2.69. The fraction of sp³-hybridized carbons (Fsp3) is 0.500. The second-order valence-corrected chi connectivity index (χ2v) is 4.40. The van der Waals surface area contributed by atoms with E-state index in [0.717, 1.165) is 13.1 Å². The molecule has 0 aliphatic rings. The summed E-state index contributed by atoms with van der Waals surface area (Å²) < 4.78 is 0. The fourth-order valence-corrected chi connectivity index (χ4v) is 1.72. The first-order valence-electron chi connectivity index (χ1n) is 5.80. The van der Waals surface area contributed by atoms with Crippen molar-refractivity contribution in [3.8, 4) is 6.07 Å². The molecule has 0 fully saturated rings. The van der Waals surface area contributed by atoms with E-state index in [-0.39, 0.29) is 0 Å². The second kappa shape index (κ2) is 6.30. The van der Waals surface area contributed by atoms with Crippen LogP contribution in [0.25, 0.3) is 0 Å². The van der Waals surface area contributed by atoms with Crippen molar-refractivity contribution in [3.05, 3.63) is 35.4 Å². The summed E-state index contributed by atoms with van der Waals surface area (Å²) in [7, 11) is 0. The molecule has 16 heavy (non-hydrogen) atoms. The van der Waals surface area contributed by atoms with Gasteiger partial charge >= 0.3 is 0 Å². The molecule has 0 spiro atoms. The summed E-state index contributed by atoms with van der Waals surface area (Å²) >= 11 is 0. The molecule has 0 aliphatic heterocycles. The Kier molecular flexibility index (Phi) is 5.01. The molecule has 0 amide bonds. The quantitative estimate of drug-likeness (QED) is 0.756. The zero-order valence-corrected chi connectivity index (χ0v) is 10.4. The summed E-state index contributed by atoms with van der Waals surface area (Å²) in [5.74, 6) is 0. The predicted octanol–water partition coefficient (Wildman–Crippen LogP) is 3.12. The molecule has 0 aromatic heterocycles. The van der Waals surface area contributed by atoms with Gasteiger partial charge in [-0.2, -0.15) is 5.26 Å². The largest absolute Gasteiger partial charge is 0.296 e. The number of aryl methyl sites for hydroxylation is 1. The van der Waals surface area contributed by atoms with Crippen molar-refractivity contribution in [2.24, 2.45) is 0 Å². The van der Waals surface area contributed by atoms with Gasteiger partial charge < -0.3 is 0 Å². The van der Waals surface area contributed by atoms with Crippen LogP contribution < -0.4 is 0 Å². The minimum atomic E-state index is 0.480. The molecule has 2 nitrogen and oxygen atoms in total. The minimum absolute atomic E-state index is 0.480. The van der Waals surface area contributed by atoms with Gasteiger partial charge in [0.1, 0.15) is 0 Å². The molecule has 0 bridgehead atoms. The van der Waals surface area contributed by atoms with E-state index >= 15 is 0 Å². The van der Waals surface area contributed by atoms with Gasteiger partial charge in [-0.25, -0.2) is 0 Å². The number of nitrogens with zero attached hydrogens (tertiary/aromatic N) is 2. The number of hydrogen-bond acceptors (Lipinski definition) is 2. The van der Waals surface area contributed by atoms with Crippen LogP contribution >= 0.6 is 0 Å². The van der Waals surface area contributed by atoms with E-state index in [0.29, 0.717) is 12.5 Å². The number of rotatable bonds is 5. The number of nitriles is 1. The first-order valence-corrected chi connectivity index (χ1v) is 5.80. The third kappa shape index (κ3) is 3.67. The fourth-order valence-electron chi connectivity index (χ4n) is 1.72. The van der Waals surface area contributed by atoms with Gasteiger partial charge in [-0.1, -0.05) is 24.3 Å². The lowest BCUT2D eigenvalue weighted by Gasteiger charge is -2.26. The zero-order valence-electron chi connectivity index (χ0n) is 10.4. The summed E-state index contributed by atoms with van der Waals surface area (Å²) in [6, 6.07) is 11.1. The first-order chi connectivity index (χ1) is 7.65. The smallest absolute Gasteiger partial charge is 0.0635 e. The SMILES string of the molecule is Cc1ccccc1CN(CCC#N)C(C)C. The highest BCUT2D eigenvalue weighted by Crippen LogP contribution is 2.12. The maximum Gasteiger partial charge on any atom is 0.0635 e. The standard InChI is InChI=1S/C14H20N2/c1-12(2)16(10-6-9-15)11-14-8-5-4-7-13(14)3/h4-5,7-8,12H,6,10-11H2,1-3H3. The van der Waals surface area contributed by atoms with Gasteiger partial charge in [0, 0.05) is 25.6 Å². The van der Waals surface area contributed by atoms with Crippen LogP contribution in [0.2, 0.25) is 0 Å². The Bertz CT molecular complexity index is 363.